The van der Waals surface area contributed by atoms with Gasteiger partial charge in [-0.15, -0.1) is 0 Å². The SMILES string of the molecule is C=c1[nH]n(-c2ccccc2)c(=O)/c1=C/c1ccc(OC)c(Br)c1. The van der Waals surface area contributed by atoms with Crippen molar-refractivity contribution in [2.75, 3.05) is 7.11 Å². The Balaban J connectivity index is 2.15. The van der Waals surface area contributed by atoms with Gasteiger partial charge < -0.3 is 4.74 Å². The number of ether oxygens (including phenoxy) is 1. The van der Waals surface area contributed by atoms with Gasteiger partial charge in [0.15, 0.2) is 0 Å². The lowest BCUT2D eigenvalue weighted by molar-refractivity contribution is 0.412. The Morgan fingerprint density at radius 3 is 2.61 bits per heavy atom. The van der Waals surface area contributed by atoms with E-state index in [0.717, 1.165) is 21.5 Å². The summed E-state index contributed by atoms with van der Waals surface area (Å²) in [6.45, 7) is 3.94. The van der Waals surface area contributed by atoms with Crippen LogP contribution >= 0.6 is 15.9 Å². The van der Waals surface area contributed by atoms with E-state index in [1.807, 2.05) is 54.6 Å². The maximum Gasteiger partial charge on any atom is 0.279 e. The highest BCUT2D eigenvalue weighted by molar-refractivity contribution is 9.10. The average molecular weight is 371 g/mol. The fourth-order valence-electron chi connectivity index (χ4n) is 2.34. The second-order valence-corrected chi connectivity index (χ2v) is 5.87. The molecule has 2 aromatic carbocycles. The van der Waals surface area contributed by atoms with Crippen molar-refractivity contribution in [3.63, 3.8) is 0 Å². The zero-order chi connectivity index (χ0) is 16.4. The normalized spacial score (nSPS) is 11.7. The van der Waals surface area contributed by atoms with Crippen molar-refractivity contribution in [3.05, 3.63) is 79.5 Å². The summed E-state index contributed by atoms with van der Waals surface area (Å²) in [5.41, 5.74) is 1.53. The number of methoxy groups -OCH3 is 1. The summed E-state index contributed by atoms with van der Waals surface area (Å²) in [5.74, 6) is 0.743. The van der Waals surface area contributed by atoms with Gasteiger partial charge in [0.25, 0.3) is 5.56 Å². The number of benzene rings is 2. The highest BCUT2D eigenvalue weighted by atomic mass is 79.9. The van der Waals surface area contributed by atoms with Crippen molar-refractivity contribution in [1.82, 2.24) is 9.78 Å². The van der Waals surface area contributed by atoms with E-state index in [9.17, 15) is 4.79 Å². The van der Waals surface area contributed by atoms with Crippen molar-refractivity contribution < 1.29 is 4.74 Å². The summed E-state index contributed by atoms with van der Waals surface area (Å²) in [5, 5.41) is 4.12. The molecule has 0 aliphatic rings. The summed E-state index contributed by atoms with van der Waals surface area (Å²) < 4.78 is 7.54. The molecule has 0 amide bonds. The molecule has 0 aliphatic heterocycles. The molecule has 3 aromatic rings. The van der Waals surface area contributed by atoms with Gasteiger partial charge in [0.1, 0.15) is 5.75 Å². The van der Waals surface area contributed by atoms with Crippen LogP contribution in [0, 0.1) is 0 Å². The minimum absolute atomic E-state index is 0.131. The smallest absolute Gasteiger partial charge is 0.279 e. The summed E-state index contributed by atoms with van der Waals surface area (Å²) in [6.07, 6.45) is 1.81. The zero-order valence-corrected chi connectivity index (χ0v) is 14.1. The lowest BCUT2D eigenvalue weighted by Gasteiger charge is -2.02. The number of aromatic amines is 1. The minimum atomic E-state index is -0.131. The Morgan fingerprint density at radius 1 is 1.22 bits per heavy atom. The lowest BCUT2D eigenvalue weighted by atomic mass is 10.2. The number of para-hydroxylation sites is 1. The molecule has 116 valence electrons. The first kappa shape index (κ1) is 15.4. The van der Waals surface area contributed by atoms with Gasteiger partial charge in [-0.05, 0) is 51.8 Å². The third-order valence-corrected chi connectivity index (χ3v) is 4.13. The summed E-state index contributed by atoms with van der Waals surface area (Å²) in [4.78, 5) is 12.6. The van der Waals surface area contributed by atoms with E-state index in [1.165, 1.54) is 4.68 Å². The molecule has 1 N–H and O–H groups in total. The van der Waals surface area contributed by atoms with E-state index in [1.54, 1.807) is 7.11 Å². The Hall–Kier alpha value is -2.53. The maximum absolute atomic E-state index is 12.6. The van der Waals surface area contributed by atoms with Crippen LogP contribution in [-0.2, 0) is 0 Å². The summed E-state index contributed by atoms with van der Waals surface area (Å²) in [7, 11) is 1.61. The Bertz CT molecular complexity index is 1000. The first-order chi connectivity index (χ1) is 11.1. The Labute approximate surface area is 141 Å². The number of nitrogens with zero attached hydrogens (tertiary/aromatic N) is 1. The molecule has 0 atom stereocenters. The third-order valence-electron chi connectivity index (χ3n) is 3.51. The van der Waals surface area contributed by atoms with E-state index >= 15 is 0 Å². The highest BCUT2D eigenvalue weighted by Crippen LogP contribution is 2.25. The van der Waals surface area contributed by atoms with Crippen molar-refractivity contribution in [1.29, 1.82) is 0 Å². The van der Waals surface area contributed by atoms with Gasteiger partial charge in [0, 0.05) is 0 Å². The summed E-state index contributed by atoms with van der Waals surface area (Å²) >= 11 is 3.45. The number of halogens is 1. The molecule has 0 bridgehead atoms. The van der Waals surface area contributed by atoms with Crippen molar-refractivity contribution >= 4 is 28.6 Å². The number of H-pyrrole nitrogens is 1. The van der Waals surface area contributed by atoms with E-state index in [0.29, 0.717) is 10.6 Å². The van der Waals surface area contributed by atoms with Crippen LogP contribution in [0.1, 0.15) is 5.56 Å². The molecule has 3 rings (SSSR count). The third kappa shape index (κ3) is 3.00. The Kier molecular flexibility index (Phi) is 4.21. The molecule has 0 aliphatic carbocycles. The van der Waals surface area contributed by atoms with Gasteiger partial charge in [-0.3, -0.25) is 9.89 Å². The zero-order valence-electron chi connectivity index (χ0n) is 12.5. The fraction of sp³-hybridized carbons (Fsp3) is 0.0556. The first-order valence-corrected chi connectivity index (χ1v) is 7.80. The number of rotatable bonds is 3. The quantitative estimate of drug-likeness (QED) is 0.767. The van der Waals surface area contributed by atoms with Gasteiger partial charge in [-0.1, -0.05) is 30.8 Å². The molecule has 0 fully saturated rings. The largest absolute Gasteiger partial charge is 0.496 e. The van der Waals surface area contributed by atoms with Crippen molar-refractivity contribution in [3.8, 4) is 11.4 Å². The number of aromatic nitrogens is 2. The topological polar surface area (TPSA) is 47.0 Å². The van der Waals surface area contributed by atoms with Crippen LogP contribution in [0.25, 0.3) is 18.3 Å². The molecular weight excluding hydrogens is 356 g/mol. The second kappa shape index (κ2) is 6.30. The molecule has 1 heterocycles. The molecule has 0 saturated heterocycles. The van der Waals surface area contributed by atoms with E-state index < -0.39 is 0 Å². The molecule has 5 heteroatoms. The minimum Gasteiger partial charge on any atom is -0.496 e. The van der Waals surface area contributed by atoms with Crippen LogP contribution in [0.15, 0.2) is 57.8 Å². The number of hydrogen-bond donors (Lipinski definition) is 1. The van der Waals surface area contributed by atoms with Gasteiger partial charge in [0.2, 0.25) is 0 Å². The number of nitrogens with one attached hydrogen (secondary N) is 1. The predicted octanol–water partition coefficient (Wildman–Crippen LogP) is 2.18. The van der Waals surface area contributed by atoms with Crippen LogP contribution in [0.2, 0.25) is 0 Å². The van der Waals surface area contributed by atoms with Crippen LogP contribution in [0.4, 0.5) is 0 Å². The Morgan fingerprint density at radius 2 is 1.96 bits per heavy atom. The van der Waals surface area contributed by atoms with Crippen LogP contribution in [0.5, 0.6) is 5.75 Å². The van der Waals surface area contributed by atoms with Gasteiger partial charge >= 0.3 is 0 Å². The molecule has 0 radical (unpaired) electrons. The standard InChI is InChI=1S/C18H15BrN2O2/c1-12-15(10-13-8-9-17(23-2)16(19)11-13)18(22)21(20-12)14-6-4-3-5-7-14/h3-11,20H,1H2,2H3/b15-10+. The molecule has 1 aromatic heterocycles. The van der Waals surface area contributed by atoms with Crippen molar-refractivity contribution in [2.24, 2.45) is 0 Å². The second-order valence-electron chi connectivity index (χ2n) is 5.02. The van der Waals surface area contributed by atoms with Crippen LogP contribution < -0.4 is 20.9 Å². The summed E-state index contributed by atoms with van der Waals surface area (Å²) in [6, 6.07) is 15.0. The first-order valence-electron chi connectivity index (χ1n) is 7.01. The van der Waals surface area contributed by atoms with Gasteiger partial charge in [0.05, 0.1) is 27.8 Å². The molecule has 0 spiro atoms. The van der Waals surface area contributed by atoms with Gasteiger partial charge in [-0.2, -0.15) is 0 Å². The highest BCUT2D eigenvalue weighted by Gasteiger charge is 2.05. The van der Waals surface area contributed by atoms with Gasteiger partial charge in [-0.25, -0.2) is 4.68 Å². The maximum atomic E-state index is 12.6. The van der Waals surface area contributed by atoms with E-state index in [-0.39, 0.29) is 5.56 Å². The molecule has 0 saturated carbocycles. The van der Waals surface area contributed by atoms with E-state index in [4.69, 9.17) is 4.74 Å². The molecule has 0 unspecified atom stereocenters. The molecule has 4 nitrogen and oxygen atoms in total. The van der Waals surface area contributed by atoms with Crippen molar-refractivity contribution in [2.45, 2.75) is 0 Å². The van der Waals surface area contributed by atoms with Crippen LogP contribution in [0.3, 0.4) is 0 Å². The fourth-order valence-corrected chi connectivity index (χ4v) is 2.90. The molecular formula is C18H15BrN2O2. The monoisotopic (exact) mass is 370 g/mol. The number of hydrogen-bond acceptors (Lipinski definition) is 2. The molecule has 23 heavy (non-hydrogen) atoms. The average Bonchev–Trinajstić information content (AvgIpc) is 2.84. The van der Waals surface area contributed by atoms with Crippen LogP contribution in [-0.4, -0.2) is 16.9 Å². The van der Waals surface area contributed by atoms with E-state index in [2.05, 4.69) is 27.6 Å². The predicted molar refractivity (Wildman–Crippen MR) is 95.4 cm³/mol. The lowest BCUT2D eigenvalue weighted by Crippen LogP contribution is -2.33.